The number of ether oxygens (including phenoxy) is 1. The molecule has 1 aromatic heterocycles. The summed E-state index contributed by atoms with van der Waals surface area (Å²) in [6, 6.07) is 7.67. The summed E-state index contributed by atoms with van der Waals surface area (Å²) in [4.78, 5) is 10.9. The summed E-state index contributed by atoms with van der Waals surface area (Å²) in [6.45, 7) is 1.11. The van der Waals surface area contributed by atoms with Gasteiger partial charge in [0, 0.05) is 24.0 Å². The van der Waals surface area contributed by atoms with Crippen molar-refractivity contribution in [1.82, 2.24) is 5.32 Å². The molecular weight excluding hydrogens is 254 g/mol. The third kappa shape index (κ3) is 2.83. The molecule has 1 heterocycles. The quantitative estimate of drug-likeness (QED) is 0.668. The van der Waals surface area contributed by atoms with Crippen LogP contribution in [0.15, 0.2) is 28.7 Å². The number of furan rings is 1. The molecule has 0 aliphatic carbocycles. The van der Waals surface area contributed by atoms with Gasteiger partial charge in [-0.1, -0.05) is 18.2 Å². The van der Waals surface area contributed by atoms with E-state index in [-0.39, 0.29) is 5.97 Å². The lowest BCUT2D eigenvalue weighted by atomic mass is 10.2. The SMILES string of the molecule is COC(=O)CCNCc1c(Cl)oc2ccccc12. The van der Waals surface area contributed by atoms with Crippen LogP contribution >= 0.6 is 11.6 Å². The second kappa shape index (κ2) is 5.89. The fourth-order valence-electron chi connectivity index (χ4n) is 1.74. The van der Waals surface area contributed by atoms with Crippen LogP contribution in [-0.4, -0.2) is 19.6 Å². The van der Waals surface area contributed by atoms with Crippen molar-refractivity contribution in [1.29, 1.82) is 0 Å². The molecule has 1 N–H and O–H groups in total. The van der Waals surface area contributed by atoms with Gasteiger partial charge >= 0.3 is 5.97 Å². The fourth-order valence-corrected chi connectivity index (χ4v) is 1.99. The van der Waals surface area contributed by atoms with E-state index in [1.807, 2.05) is 24.3 Å². The third-order valence-corrected chi connectivity index (χ3v) is 2.99. The second-order valence-electron chi connectivity index (χ2n) is 3.85. The van der Waals surface area contributed by atoms with Gasteiger partial charge in [0.25, 0.3) is 0 Å². The van der Waals surface area contributed by atoms with Gasteiger partial charge in [0.05, 0.1) is 13.5 Å². The molecule has 4 nitrogen and oxygen atoms in total. The molecule has 18 heavy (non-hydrogen) atoms. The Kier molecular flexibility index (Phi) is 4.23. The lowest BCUT2D eigenvalue weighted by Crippen LogP contribution is -2.18. The van der Waals surface area contributed by atoms with Gasteiger partial charge in [-0.2, -0.15) is 0 Å². The Labute approximate surface area is 110 Å². The van der Waals surface area contributed by atoms with Crippen LogP contribution in [0.4, 0.5) is 0 Å². The normalized spacial score (nSPS) is 10.8. The van der Waals surface area contributed by atoms with Crippen molar-refractivity contribution in [3.05, 3.63) is 35.0 Å². The van der Waals surface area contributed by atoms with Crippen LogP contribution in [0.3, 0.4) is 0 Å². The average Bonchev–Trinajstić information content (AvgIpc) is 2.70. The number of hydrogen-bond acceptors (Lipinski definition) is 4. The minimum absolute atomic E-state index is 0.231. The molecule has 0 saturated heterocycles. The largest absolute Gasteiger partial charge is 0.469 e. The highest BCUT2D eigenvalue weighted by atomic mass is 35.5. The number of fused-ring (bicyclic) bond motifs is 1. The van der Waals surface area contributed by atoms with E-state index in [9.17, 15) is 4.79 Å². The van der Waals surface area contributed by atoms with Gasteiger partial charge < -0.3 is 14.5 Å². The molecule has 96 valence electrons. The van der Waals surface area contributed by atoms with Gasteiger partial charge in [-0.3, -0.25) is 4.79 Å². The monoisotopic (exact) mass is 267 g/mol. The number of halogens is 1. The van der Waals surface area contributed by atoms with Gasteiger partial charge in [0.1, 0.15) is 5.58 Å². The highest BCUT2D eigenvalue weighted by Gasteiger charge is 2.11. The van der Waals surface area contributed by atoms with E-state index >= 15 is 0 Å². The van der Waals surface area contributed by atoms with E-state index in [0.717, 1.165) is 16.5 Å². The first-order valence-corrected chi connectivity index (χ1v) is 6.03. The van der Waals surface area contributed by atoms with Crippen LogP contribution in [0.1, 0.15) is 12.0 Å². The van der Waals surface area contributed by atoms with Crippen molar-refractivity contribution >= 4 is 28.5 Å². The Morgan fingerprint density at radius 3 is 3.00 bits per heavy atom. The number of rotatable bonds is 5. The lowest BCUT2D eigenvalue weighted by Gasteiger charge is -2.03. The molecule has 0 aliphatic rings. The Bertz CT molecular complexity index is 550. The summed E-state index contributed by atoms with van der Waals surface area (Å²) >= 11 is 6.04. The van der Waals surface area contributed by atoms with E-state index < -0.39 is 0 Å². The molecule has 0 atom stereocenters. The molecule has 1 aromatic carbocycles. The number of benzene rings is 1. The maximum atomic E-state index is 10.9. The number of hydrogen-bond donors (Lipinski definition) is 1. The van der Waals surface area contributed by atoms with Gasteiger partial charge in [-0.25, -0.2) is 0 Å². The van der Waals surface area contributed by atoms with Crippen molar-refractivity contribution in [2.75, 3.05) is 13.7 Å². The molecular formula is C13H14ClNO3. The zero-order valence-corrected chi connectivity index (χ0v) is 10.8. The fraction of sp³-hybridized carbons (Fsp3) is 0.308. The first-order chi connectivity index (χ1) is 8.72. The van der Waals surface area contributed by atoms with E-state index in [1.54, 1.807) is 0 Å². The standard InChI is InChI=1S/C13H14ClNO3/c1-17-12(16)6-7-15-8-10-9-4-2-3-5-11(9)18-13(10)14/h2-5,15H,6-8H2,1H3. The first-order valence-electron chi connectivity index (χ1n) is 5.66. The maximum Gasteiger partial charge on any atom is 0.306 e. The predicted molar refractivity (Wildman–Crippen MR) is 69.6 cm³/mol. The number of methoxy groups -OCH3 is 1. The minimum atomic E-state index is -0.231. The number of para-hydroxylation sites is 1. The Morgan fingerprint density at radius 1 is 1.44 bits per heavy atom. The van der Waals surface area contributed by atoms with Gasteiger partial charge in [-0.15, -0.1) is 0 Å². The van der Waals surface area contributed by atoms with Crippen molar-refractivity contribution in [3.8, 4) is 0 Å². The molecule has 5 heteroatoms. The minimum Gasteiger partial charge on any atom is -0.469 e. The average molecular weight is 268 g/mol. The molecule has 2 rings (SSSR count). The molecule has 0 amide bonds. The number of carbonyl (C=O) groups excluding carboxylic acids is 1. The number of carbonyl (C=O) groups is 1. The van der Waals surface area contributed by atoms with Crippen LogP contribution in [0.2, 0.25) is 5.22 Å². The third-order valence-electron chi connectivity index (χ3n) is 2.68. The van der Waals surface area contributed by atoms with Crippen LogP contribution in [0.25, 0.3) is 11.0 Å². The smallest absolute Gasteiger partial charge is 0.306 e. The summed E-state index contributed by atoms with van der Waals surface area (Å²) in [5.41, 5.74) is 1.68. The van der Waals surface area contributed by atoms with Crippen molar-refractivity contribution in [3.63, 3.8) is 0 Å². The molecule has 0 radical (unpaired) electrons. The summed E-state index contributed by atoms with van der Waals surface area (Å²) < 4.78 is 9.99. The van der Waals surface area contributed by atoms with Crippen LogP contribution in [-0.2, 0) is 16.1 Å². The first kappa shape index (κ1) is 12.9. The summed E-state index contributed by atoms with van der Waals surface area (Å²) in [7, 11) is 1.38. The Morgan fingerprint density at radius 2 is 2.22 bits per heavy atom. The molecule has 0 spiro atoms. The molecule has 0 fully saturated rings. The van der Waals surface area contributed by atoms with Crippen molar-refractivity contribution in [2.24, 2.45) is 0 Å². The lowest BCUT2D eigenvalue weighted by molar-refractivity contribution is -0.140. The van der Waals surface area contributed by atoms with Gasteiger partial charge in [0.15, 0.2) is 5.22 Å². The summed E-state index contributed by atoms with van der Waals surface area (Å²) in [6.07, 6.45) is 0.337. The maximum absolute atomic E-state index is 10.9. The number of nitrogens with one attached hydrogen (secondary N) is 1. The summed E-state index contributed by atoms with van der Waals surface area (Å²) in [5, 5.41) is 4.52. The van der Waals surface area contributed by atoms with E-state index in [1.165, 1.54) is 7.11 Å². The molecule has 0 aliphatic heterocycles. The second-order valence-corrected chi connectivity index (χ2v) is 4.20. The van der Waals surface area contributed by atoms with Crippen LogP contribution in [0.5, 0.6) is 0 Å². The number of esters is 1. The van der Waals surface area contributed by atoms with Gasteiger partial charge in [-0.05, 0) is 17.7 Å². The highest BCUT2D eigenvalue weighted by Crippen LogP contribution is 2.29. The summed E-state index contributed by atoms with van der Waals surface area (Å²) in [5.74, 6) is -0.231. The molecule has 2 aromatic rings. The van der Waals surface area contributed by atoms with E-state index in [2.05, 4.69) is 10.1 Å². The van der Waals surface area contributed by atoms with Crippen molar-refractivity contribution < 1.29 is 13.9 Å². The van der Waals surface area contributed by atoms with Gasteiger partial charge in [0.2, 0.25) is 0 Å². The Balaban J connectivity index is 1.99. The van der Waals surface area contributed by atoms with E-state index in [4.69, 9.17) is 16.0 Å². The predicted octanol–water partition coefficient (Wildman–Crippen LogP) is 2.74. The van der Waals surface area contributed by atoms with Crippen LogP contribution in [0, 0.1) is 0 Å². The van der Waals surface area contributed by atoms with Crippen molar-refractivity contribution in [2.45, 2.75) is 13.0 Å². The molecule has 0 bridgehead atoms. The topological polar surface area (TPSA) is 51.5 Å². The van der Waals surface area contributed by atoms with Crippen LogP contribution < -0.4 is 5.32 Å². The highest BCUT2D eigenvalue weighted by molar-refractivity contribution is 6.30. The zero-order chi connectivity index (χ0) is 13.0. The zero-order valence-electron chi connectivity index (χ0n) is 10.0. The molecule has 0 saturated carbocycles. The molecule has 0 unspecified atom stereocenters. The van der Waals surface area contributed by atoms with E-state index in [0.29, 0.717) is 24.7 Å². The Hall–Kier alpha value is -1.52.